The number of hydroxylamine groups is 1. The van der Waals surface area contributed by atoms with Crippen LogP contribution in [0.4, 0.5) is 13.2 Å². The second-order valence-corrected chi connectivity index (χ2v) is 4.48. The Morgan fingerprint density at radius 3 is 2.19 bits per heavy atom. The fraction of sp³-hybridized carbons (Fsp3) is 0.889. The first-order valence-corrected chi connectivity index (χ1v) is 4.77. The summed E-state index contributed by atoms with van der Waals surface area (Å²) in [5.74, 6) is -0.422. The Hall–Kier alpha value is -0.820. The Labute approximate surface area is 92.5 Å². The highest BCUT2D eigenvalue weighted by atomic mass is 19.4. The molecule has 2 N–H and O–H groups in total. The van der Waals surface area contributed by atoms with Crippen molar-refractivity contribution in [3.63, 3.8) is 0 Å². The van der Waals surface area contributed by atoms with Gasteiger partial charge in [0.1, 0.15) is 6.04 Å². The predicted octanol–water partition coefficient (Wildman–Crippen LogP) is 1.37. The number of carbonyl (C=O) groups is 1. The van der Waals surface area contributed by atoms with Gasteiger partial charge in [0.15, 0.2) is 6.61 Å². The first kappa shape index (κ1) is 15.2. The van der Waals surface area contributed by atoms with E-state index in [4.69, 9.17) is 0 Å². The quantitative estimate of drug-likeness (QED) is 0.732. The lowest BCUT2D eigenvalue weighted by molar-refractivity contribution is -0.193. The highest BCUT2D eigenvalue weighted by Crippen LogP contribution is 2.13. The zero-order chi connectivity index (χ0) is 13.0. The molecule has 1 unspecified atom stereocenters. The SMILES string of the molecule is CC(NOCC(F)(F)F)C(=O)NC(C)(C)C. The van der Waals surface area contributed by atoms with Crippen LogP contribution in [0.3, 0.4) is 0 Å². The van der Waals surface area contributed by atoms with Crippen molar-refractivity contribution in [2.75, 3.05) is 6.61 Å². The van der Waals surface area contributed by atoms with Gasteiger partial charge in [-0.15, -0.1) is 0 Å². The second-order valence-electron chi connectivity index (χ2n) is 4.48. The average molecular weight is 242 g/mol. The maximum Gasteiger partial charge on any atom is 0.413 e. The Morgan fingerprint density at radius 2 is 1.81 bits per heavy atom. The number of alkyl halides is 3. The van der Waals surface area contributed by atoms with E-state index in [9.17, 15) is 18.0 Å². The van der Waals surface area contributed by atoms with Gasteiger partial charge in [-0.25, -0.2) is 0 Å². The number of carbonyl (C=O) groups excluding carboxylic acids is 1. The van der Waals surface area contributed by atoms with E-state index in [0.717, 1.165) is 0 Å². The van der Waals surface area contributed by atoms with Crippen LogP contribution in [0, 0.1) is 0 Å². The maximum absolute atomic E-state index is 11.7. The maximum atomic E-state index is 11.7. The Kier molecular flexibility index (Phi) is 5.21. The topological polar surface area (TPSA) is 50.4 Å². The molecule has 0 radical (unpaired) electrons. The van der Waals surface area contributed by atoms with Gasteiger partial charge < -0.3 is 5.32 Å². The lowest BCUT2D eigenvalue weighted by Crippen LogP contribution is -2.49. The lowest BCUT2D eigenvalue weighted by Gasteiger charge is -2.23. The van der Waals surface area contributed by atoms with E-state index < -0.39 is 30.3 Å². The van der Waals surface area contributed by atoms with Crippen LogP contribution < -0.4 is 10.8 Å². The van der Waals surface area contributed by atoms with Crippen molar-refractivity contribution >= 4 is 5.91 Å². The van der Waals surface area contributed by atoms with Crippen molar-refractivity contribution in [3.8, 4) is 0 Å². The third kappa shape index (κ3) is 8.49. The zero-order valence-corrected chi connectivity index (χ0v) is 9.73. The number of hydrogen-bond acceptors (Lipinski definition) is 3. The molecule has 0 rings (SSSR count). The minimum Gasteiger partial charge on any atom is -0.350 e. The molecule has 7 heteroatoms. The monoisotopic (exact) mass is 242 g/mol. The first-order chi connectivity index (χ1) is 7.01. The van der Waals surface area contributed by atoms with Crippen LogP contribution in [0.25, 0.3) is 0 Å². The van der Waals surface area contributed by atoms with Crippen molar-refractivity contribution in [3.05, 3.63) is 0 Å². The minimum absolute atomic E-state index is 0.422. The number of halogens is 3. The third-order valence-corrected chi connectivity index (χ3v) is 1.39. The molecule has 0 fully saturated rings. The summed E-state index contributed by atoms with van der Waals surface area (Å²) >= 11 is 0. The van der Waals surface area contributed by atoms with Crippen molar-refractivity contribution in [2.24, 2.45) is 0 Å². The summed E-state index contributed by atoms with van der Waals surface area (Å²) in [6, 6.07) is -0.846. The van der Waals surface area contributed by atoms with Crippen molar-refractivity contribution < 1.29 is 22.8 Å². The normalized spacial score (nSPS) is 14.7. The molecule has 0 aromatic heterocycles. The zero-order valence-electron chi connectivity index (χ0n) is 9.73. The largest absolute Gasteiger partial charge is 0.413 e. The summed E-state index contributed by atoms with van der Waals surface area (Å²) in [4.78, 5) is 15.5. The lowest BCUT2D eigenvalue weighted by atomic mass is 10.1. The first-order valence-electron chi connectivity index (χ1n) is 4.77. The van der Waals surface area contributed by atoms with Crippen LogP contribution >= 0.6 is 0 Å². The molecule has 96 valence electrons. The van der Waals surface area contributed by atoms with Crippen molar-refractivity contribution in [2.45, 2.75) is 45.5 Å². The number of hydrogen-bond donors (Lipinski definition) is 2. The number of nitrogens with one attached hydrogen (secondary N) is 2. The van der Waals surface area contributed by atoms with Gasteiger partial charge in [0.25, 0.3) is 0 Å². The van der Waals surface area contributed by atoms with Crippen LogP contribution in [-0.4, -0.2) is 30.3 Å². The molecule has 4 nitrogen and oxygen atoms in total. The van der Waals surface area contributed by atoms with Gasteiger partial charge in [-0.05, 0) is 27.7 Å². The summed E-state index contributed by atoms with van der Waals surface area (Å²) in [5, 5.41) is 2.60. The van der Waals surface area contributed by atoms with Crippen molar-refractivity contribution in [1.82, 2.24) is 10.8 Å². The number of amides is 1. The summed E-state index contributed by atoms with van der Waals surface area (Å²) in [6.07, 6.45) is -4.41. The Balaban J connectivity index is 3.89. The van der Waals surface area contributed by atoms with E-state index in [1.165, 1.54) is 6.92 Å². The van der Waals surface area contributed by atoms with E-state index in [1.807, 2.05) is 5.48 Å². The molecule has 16 heavy (non-hydrogen) atoms. The molecule has 0 spiro atoms. The molecule has 0 heterocycles. The van der Waals surface area contributed by atoms with E-state index in [1.54, 1.807) is 20.8 Å². The van der Waals surface area contributed by atoms with Gasteiger partial charge in [-0.3, -0.25) is 9.63 Å². The molecule has 0 aromatic rings. The van der Waals surface area contributed by atoms with Gasteiger partial charge in [0.2, 0.25) is 5.91 Å². The van der Waals surface area contributed by atoms with Gasteiger partial charge in [0.05, 0.1) is 0 Å². The second kappa shape index (κ2) is 5.49. The van der Waals surface area contributed by atoms with Gasteiger partial charge in [0, 0.05) is 5.54 Å². The van der Waals surface area contributed by atoms with Gasteiger partial charge in [-0.2, -0.15) is 18.7 Å². The van der Waals surface area contributed by atoms with E-state index in [0.29, 0.717) is 0 Å². The molecular formula is C9H17F3N2O2. The fourth-order valence-electron chi connectivity index (χ4n) is 0.780. The van der Waals surface area contributed by atoms with Crippen LogP contribution in [0.15, 0.2) is 0 Å². The highest BCUT2D eigenvalue weighted by Gasteiger charge is 2.28. The molecule has 1 amide bonds. The summed E-state index contributed by atoms with van der Waals surface area (Å²) in [6.45, 7) is 5.30. The van der Waals surface area contributed by atoms with Gasteiger partial charge >= 0.3 is 6.18 Å². The molecule has 1 atom stereocenters. The molecule has 0 saturated carbocycles. The molecule has 0 bridgehead atoms. The summed E-state index contributed by atoms with van der Waals surface area (Å²) in [7, 11) is 0. The molecule has 0 aliphatic rings. The molecule has 0 aromatic carbocycles. The van der Waals surface area contributed by atoms with Crippen LogP contribution in [-0.2, 0) is 9.63 Å². The van der Waals surface area contributed by atoms with Gasteiger partial charge in [-0.1, -0.05) is 0 Å². The smallest absolute Gasteiger partial charge is 0.350 e. The standard InChI is InChI=1S/C9H17F3N2O2/c1-6(7(15)13-8(2,3)4)14-16-5-9(10,11)12/h6,14H,5H2,1-4H3,(H,13,15). The molecule has 0 aliphatic heterocycles. The molecule has 0 aliphatic carbocycles. The van der Waals surface area contributed by atoms with Crippen LogP contribution in [0.5, 0.6) is 0 Å². The summed E-state index contributed by atoms with van der Waals surface area (Å²) < 4.78 is 35.1. The molecular weight excluding hydrogens is 225 g/mol. The van der Waals surface area contributed by atoms with Crippen LogP contribution in [0.1, 0.15) is 27.7 Å². The minimum atomic E-state index is -4.41. The third-order valence-electron chi connectivity index (χ3n) is 1.39. The Morgan fingerprint density at radius 1 is 1.31 bits per heavy atom. The van der Waals surface area contributed by atoms with E-state index in [2.05, 4.69) is 10.2 Å². The highest BCUT2D eigenvalue weighted by molar-refractivity contribution is 5.81. The van der Waals surface area contributed by atoms with Crippen molar-refractivity contribution in [1.29, 1.82) is 0 Å². The molecule has 0 saturated heterocycles. The van der Waals surface area contributed by atoms with E-state index >= 15 is 0 Å². The number of rotatable bonds is 4. The summed E-state index contributed by atoms with van der Waals surface area (Å²) in [5.41, 5.74) is 1.60. The van der Waals surface area contributed by atoms with Crippen LogP contribution in [0.2, 0.25) is 0 Å². The Bertz CT molecular complexity index is 236. The predicted molar refractivity (Wildman–Crippen MR) is 52.5 cm³/mol. The van der Waals surface area contributed by atoms with E-state index in [-0.39, 0.29) is 0 Å². The average Bonchev–Trinajstić information content (AvgIpc) is 1.98. The fourth-order valence-corrected chi connectivity index (χ4v) is 0.780.